The maximum Gasteiger partial charge on any atom is 0.338 e. The Morgan fingerprint density at radius 3 is 2.45 bits per heavy atom. The minimum absolute atomic E-state index is 0.152. The SMILES string of the molecule is CCOC(=O)c1ccc(S(=O)(=O)N(C)Cc2cccs2)cc1. The number of carbonyl (C=O) groups is 1. The number of ether oxygens (including phenoxy) is 1. The van der Waals surface area contributed by atoms with Crippen LogP contribution >= 0.6 is 11.3 Å². The molecule has 0 saturated carbocycles. The summed E-state index contributed by atoms with van der Waals surface area (Å²) in [6.45, 7) is 2.32. The zero-order valence-electron chi connectivity index (χ0n) is 12.4. The Labute approximate surface area is 134 Å². The summed E-state index contributed by atoms with van der Waals surface area (Å²) in [5.41, 5.74) is 0.335. The summed E-state index contributed by atoms with van der Waals surface area (Å²) in [4.78, 5) is 12.7. The van der Waals surface area contributed by atoms with E-state index in [4.69, 9.17) is 4.74 Å². The van der Waals surface area contributed by atoms with Crippen LogP contribution in [0.5, 0.6) is 0 Å². The number of nitrogens with zero attached hydrogens (tertiary/aromatic N) is 1. The summed E-state index contributed by atoms with van der Waals surface area (Å²) in [5, 5.41) is 1.91. The van der Waals surface area contributed by atoms with Crippen molar-refractivity contribution in [2.75, 3.05) is 13.7 Å². The highest BCUT2D eigenvalue weighted by atomic mass is 32.2. The van der Waals surface area contributed by atoms with Crippen molar-refractivity contribution >= 4 is 27.3 Å². The zero-order valence-corrected chi connectivity index (χ0v) is 14.0. The van der Waals surface area contributed by atoms with Gasteiger partial charge in [0.05, 0.1) is 17.1 Å². The van der Waals surface area contributed by atoms with Crippen molar-refractivity contribution in [1.82, 2.24) is 4.31 Å². The van der Waals surface area contributed by atoms with E-state index in [1.165, 1.54) is 47.0 Å². The molecule has 2 aromatic rings. The Bertz CT molecular complexity index is 721. The predicted molar refractivity (Wildman–Crippen MR) is 85.4 cm³/mol. The van der Waals surface area contributed by atoms with Gasteiger partial charge in [0.15, 0.2) is 0 Å². The van der Waals surface area contributed by atoms with E-state index in [9.17, 15) is 13.2 Å². The molecule has 1 aromatic heterocycles. The van der Waals surface area contributed by atoms with Crippen molar-refractivity contribution in [1.29, 1.82) is 0 Å². The second-order valence-corrected chi connectivity index (χ2v) is 7.66. The van der Waals surface area contributed by atoms with Crippen LogP contribution in [0.1, 0.15) is 22.2 Å². The van der Waals surface area contributed by atoms with Gasteiger partial charge in [0.2, 0.25) is 10.0 Å². The fourth-order valence-electron chi connectivity index (χ4n) is 1.86. The van der Waals surface area contributed by atoms with Crippen LogP contribution in [0.4, 0.5) is 0 Å². The van der Waals surface area contributed by atoms with Crippen LogP contribution in [0.25, 0.3) is 0 Å². The largest absolute Gasteiger partial charge is 0.462 e. The van der Waals surface area contributed by atoms with Crippen LogP contribution in [-0.2, 0) is 21.3 Å². The van der Waals surface area contributed by atoms with Crippen molar-refractivity contribution < 1.29 is 17.9 Å². The molecule has 7 heteroatoms. The van der Waals surface area contributed by atoms with Gasteiger partial charge in [0.25, 0.3) is 0 Å². The number of benzene rings is 1. The Morgan fingerprint density at radius 2 is 1.91 bits per heavy atom. The molecule has 0 atom stereocenters. The lowest BCUT2D eigenvalue weighted by atomic mass is 10.2. The molecule has 1 aromatic carbocycles. The maximum absolute atomic E-state index is 12.5. The van der Waals surface area contributed by atoms with E-state index in [1.807, 2.05) is 17.5 Å². The Kier molecular flexibility index (Phi) is 5.33. The quantitative estimate of drug-likeness (QED) is 0.759. The molecule has 0 amide bonds. The average molecular weight is 339 g/mol. The molecule has 0 radical (unpaired) electrons. The lowest BCUT2D eigenvalue weighted by Gasteiger charge is -2.16. The van der Waals surface area contributed by atoms with E-state index < -0.39 is 16.0 Å². The topological polar surface area (TPSA) is 63.7 Å². The van der Waals surface area contributed by atoms with Gasteiger partial charge in [-0.15, -0.1) is 11.3 Å². The minimum Gasteiger partial charge on any atom is -0.462 e. The summed E-state index contributed by atoms with van der Waals surface area (Å²) in [5.74, 6) is -0.460. The first-order valence-corrected chi connectivity index (χ1v) is 9.03. The second-order valence-electron chi connectivity index (χ2n) is 4.59. The van der Waals surface area contributed by atoms with Crippen LogP contribution in [0, 0.1) is 0 Å². The molecule has 0 unspecified atom stereocenters. The van der Waals surface area contributed by atoms with Crippen molar-refractivity contribution in [2.45, 2.75) is 18.4 Å². The molecular formula is C15H17NO4S2. The van der Waals surface area contributed by atoms with Crippen LogP contribution in [0.3, 0.4) is 0 Å². The summed E-state index contributed by atoms with van der Waals surface area (Å²) in [6.07, 6.45) is 0. The van der Waals surface area contributed by atoms with E-state index in [1.54, 1.807) is 6.92 Å². The molecule has 2 rings (SSSR count). The van der Waals surface area contributed by atoms with Crippen molar-refractivity contribution in [3.63, 3.8) is 0 Å². The zero-order chi connectivity index (χ0) is 16.2. The Hall–Kier alpha value is -1.70. The van der Waals surface area contributed by atoms with Gasteiger partial charge in [0, 0.05) is 18.5 Å². The molecule has 118 valence electrons. The molecule has 0 aliphatic carbocycles. The standard InChI is InChI=1S/C15H17NO4S2/c1-3-20-15(17)12-6-8-14(9-7-12)22(18,19)16(2)11-13-5-4-10-21-13/h4-10H,3,11H2,1-2H3. The summed E-state index contributed by atoms with van der Waals surface area (Å²) in [6, 6.07) is 9.54. The van der Waals surface area contributed by atoms with Gasteiger partial charge < -0.3 is 4.74 Å². The molecule has 22 heavy (non-hydrogen) atoms. The summed E-state index contributed by atoms with van der Waals surface area (Å²) in [7, 11) is -2.05. The third-order valence-corrected chi connectivity index (χ3v) is 5.71. The average Bonchev–Trinajstić information content (AvgIpc) is 3.00. The van der Waals surface area contributed by atoms with Gasteiger partial charge in [-0.1, -0.05) is 6.07 Å². The van der Waals surface area contributed by atoms with E-state index in [0.29, 0.717) is 12.1 Å². The molecule has 1 heterocycles. The highest BCUT2D eigenvalue weighted by Crippen LogP contribution is 2.19. The molecule has 0 spiro atoms. The lowest BCUT2D eigenvalue weighted by Crippen LogP contribution is -2.26. The smallest absolute Gasteiger partial charge is 0.338 e. The highest BCUT2D eigenvalue weighted by Gasteiger charge is 2.21. The van der Waals surface area contributed by atoms with Crippen LogP contribution < -0.4 is 0 Å². The third-order valence-electron chi connectivity index (χ3n) is 3.03. The summed E-state index contributed by atoms with van der Waals surface area (Å²) >= 11 is 1.51. The number of esters is 1. The fraction of sp³-hybridized carbons (Fsp3) is 0.267. The van der Waals surface area contributed by atoms with Crippen molar-refractivity contribution in [3.8, 4) is 0 Å². The number of carbonyl (C=O) groups excluding carboxylic acids is 1. The van der Waals surface area contributed by atoms with E-state index in [2.05, 4.69) is 0 Å². The van der Waals surface area contributed by atoms with Gasteiger partial charge in [-0.3, -0.25) is 0 Å². The van der Waals surface area contributed by atoms with E-state index in [0.717, 1.165) is 4.88 Å². The number of hydrogen-bond acceptors (Lipinski definition) is 5. The van der Waals surface area contributed by atoms with Gasteiger partial charge in [-0.05, 0) is 42.6 Å². The number of sulfonamides is 1. The molecule has 0 bridgehead atoms. The second kappa shape index (κ2) is 7.04. The minimum atomic E-state index is -3.58. The van der Waals surface area contributed by atoms with Crippen molar-refractivity contribution in [3.05, 3.63) is 52.2 Å². The fourth-order valence-corrected chi connectivity index (χ4v) is 3.85. The monoisotopic (exact) mass is 339 g/mol. The highest BCUT2D eigenvalue weighted by molar-refractivity contribution is 7.89. The molecule has 0 aliphatic rings. The lowest BCUT2D eigenvalue weighted by molar-refractivity contribution is 0.0526. The third kappa shape index (κ3) is 3.73. The summed E-state index contributed by atoms with van der Waals surface area (Å²) < 4.78 is 31.1. The van der Waals surface area contributed by atoms with Gasteiger partial charge in [0.1, 0.15) is 0 Å². The van der Waals surface area contributed by atoms with Gasteiger partial charge >= 0.3 is 5.97 Å². The van der Waals surface area contributed by atoms with Crippen molar-refractivity contribution in [2.24, 2.45) is 0 Å². The molecule has 0 N–H and O–H groups in total. The van der Waals surface area contributed by atoms with Crippen LogP contribution in [0.15, 0.2) is 46.7 Å². The maximum atomic E-state index is 12.5. The molecule has 0 aliphatic heterocycles. The van der Waals surface area contributed by atoms with Gasteiger partial charge in [-0.25, -0.2) is 13.2 Å². The van der Waals surface area contributed by atoms with E-state index in [-0.39, 0.29) is 11.5 Å². The molecule has 0 fully saturated rings. The first kappa shape index (κ1) is 16.7. The Morgan fingerprint density at radius 1 is 1.23 bits per heavy atom. The van der Waals surface area contributed by atoms with Crippen LogP contribution in [-0.4, -0.2) is 32.3 Å². The number of thiophene rings is 1. The van der Waals surface area contributed by atoms with Crippen LogP contribution in [0.2, 0.25) is 0 Å². The molecule has 5 nitrogen and oxygen atoms in total. The predicted octanol–water partition coefficient (Wildman–Crippen LogP) is 2.75. The first-order chi connectivity index (χ1) is 10.4. The Balaban J connectivity index is 2.17. The first-order valence-electron chi connectivity index (χ1n) is 6.71. The molecular weight excluding hydrogens is 322 g/mol. The van der Waals surface area contributed by atoms with E-state index >= 15 is 0 Å². The number of hydrogen-bond donors (Lipinski definition) is 0. The normalized spacial score (nSPS) is 11.6. The van der Waals surface area contributed by atoms with Gasteiger partial charge in [-0.2, -0.15) is 4.31 Å². The molecule has 0 saturated heterocycles. The number of rotatable bonds is 6.